The van der Waals surface area contributed by atoms with Gasteiger partial charge in [-0.1, -0.05) is 11.9 Å². The van der Waals surface area contributed by atoms with Crippen molar-refractivity contribution < 1.29 is 9.53 Å². The number of pyridine rings is 1. The van der Waals surface area contributed by atoms with Crippen molar-refractivity contribution in [2.45, 2.75) is 20.0 Å². The number of H-pyrrole nitrogens is 1. The average Bonchev–Trinajstić information content (AvgIpc) is 3.38. The van der Waals surface area contributed by atoms with Crippen molar-refractivity contribution in [2.75, 3.05) is 31.3 Å². The Morgan fingerprint density at radius 2 is 2.17 bits per heavy atom. The summed E-state index contributed by atoms with van der Waals surface area (Å²) in [6.07, 6.45) is 4.57. The van der Waals surface area contributed by atoms with Gasteiger partial charge in [-0.2, -0.15) is 5.10 Å². The Morgan fingerprint density at radius 3 is 2.76 bits per heavy atom. The Balaban J connectivity index is 0.000000290. The highest BCUT2D eigenvalue weighted by atomic mass is 32.2. The molecule has 1 saturated heterocycles. The van der Waals surface area contributed by atoms with E-state index in [-0.39, 0.29) is 6.10 Å². The zero-order valence-electron chi connectivity index (χ0n) is 16.8. The number of nitrogens with zero attached hydrogens (tertiary/aromatic N) is 3. The second-order valence-electron chi connectivity index (χ2n) is 6.69. The number of anilines is 1. The van der Waals surface area contributed by atoms with E-state index in [0.717, 1.165) is 41.1 Å². The molecule has 3 heterocycles. The normalized spacial score (nSPS) is 13.9. The van der Waals surface area contributed by atoms with Crippen molar-refractivity contribution in [3.05, 3.63) is 36.5 Å². The van der Waals surface area contributed by atoms with Gasteiger partial charge < -0.3 is 15.4 Å². The Hall–Kier alpha value is -2.62. The van der Waals surface area contributed by atoms with E-state index in [9.17, 15) is 4.79 Å². The van der Waals surface area contributed by atoms with Crippen LogP contribution in [0, 0.1) is 0 Å². The molecule has 154 valence electrons. The van der Waals surface area contributed by atoms with Crippen LogP contribution >= 0.6 is 11.9 Å². The molecular formula is C20H26N6O2S. The maximum absolute atomic E-state index is 10.6. The summed E-state index contributed by atoms with van der Waals surface area (Å²) in [5.74, 6) is 0.585. The van der Waals surface area contributed by atoms with Crippen LogP contribution in [0.25, 0.3) is 22.2 Å². The molecule has 29 heavy (non-hydrogen) atoms. The summed E-state index contributed by atoms with van der Waals surface area (Å²) in [5, 5.41) is 14.1. The molecule has 0 radical (unpaired) electrons. The van der Waals surface area contributed by atoms with E-state index in [1.54, 1.807) is 18.1 Å². The molecule has 0 spiro atoms. The highest BCUT2D eigenvalue weighted by Crippen LogP contribution is 2.28. The minimum absolute atomic E-state index is 0.0848. The van der Waals surface area contributed by atoms with Gasteiger partial charge in [-0.15, -0.1) is 0 Å². The van der Waals surface area contributed by atoms with Gasteiger partial charge >= 0.3 is 0 Å². The van der Waals surface area contributed by atoms with Gasteiger partial charge in [0.25, 0.3) is 0 Å². The molecular weight excluding hydrogens is 388 g/mol. The van der Waals surface area contributed by atoms with Crippen LogP contribution in [0.5, 0.6) is 5.88 Å². The van der Waals surface area contributed by atoms with Crippen LogP contribution in [0.4, 0.5) is 5.69 Å². The monoisotopic (exact) mass is 414 g/mol. The van der Waals surface area contributed by atoms with Crippen LogP contribution in [0.1, 0.15) is 13.8 Å². The number of fused-ring (bicyclic) bond motifs is 1. The van der Waals surface area contributed by atoms with Gasteiger partial charge in [-0.25, -0.2) is 9.29 Å². The Labute approximate surface area is 174 Å². The van der Waals surface area contributed by atoms with Crippen LogP contribution < -0.4 is 15.4 Å². The minimum atomic E-state index is 0.0848. The number of ether oxygens (including phenoxy) is 1. The van der Waals surface area contributed by atoms with E-state index in [1.807, 2.05) is 44.2 Å². The van der Waals surface area contributed by atoms with E-state index in [2.05, 4.69) is 36.4 Å². The SMILES string of the molecule is CC(C)Oc1ccc(-c2n[nH]c3ccc(NC=O)cc23)cn1.CSN1CCNC1. The summed E-state index contributed by atoms with van der Waals surface area (Å²) >= 11 is 1.80. The van der Waals surface area contributed by atoms with Gasteiger partial charge in [0.05, 0.1) is 18.3 Å². The van der Waals surface area contributed by atoms with Crippen molar-refractivity contribution in [2.24, 2.45) is 0 Å². The largest absolute Gasteiger partial charge is 0.475 e. The summed E-state index contributed by atoms with van der Waals surface area (Å²) in [4.78, 5) is 14.9. The van der Waals surface area contributed by atoms with Crippen molar-refractivity contribution in [1.29, 1.82) is 0 Å². The third-order valence-corrected chi connectivity index (χ3v) is 5.07. The van der Waals surface area contributed by atoms with E-state index < -0.39 is 0 Å². The number of benzene rings is 1. The highest BCUT2D eigenvalue weighted by Gasteiger charge is 2.10. The maximum atomic E-state index is 10.6. The van der Waals surface area contributed by atoms with Crippen molar-refractivity contribution in [3.63, 3.8) is 0 Å². The quantitative estimate of drug-likeness (QED) is 0.421. The fourth-order valence-corrected chi connectivity index (χ4v) is 3.36. The molecule has 1 fully saturated rings. The van der Waals surface area contributed by atoms with Gasteiger partial charge in [-0.3, -0.25) is 9.89 Å². The molecule has 2 aromatic heterocycles. The summed E-state index contributed by atoms with van der Waals surface area (Å²) in [6.45, 7) is 7.32. The highest BCUT2D eigenvalue weighted by molar-refractivity contribution is 7.96. The number of nitrogens with one attached hydrogen (secondary N) is 3. The predicted molar refractivity (Wildman–Crippen MR) is 118 cm³/mol. The van der Waals surface area contributed by atoms with Crippen LogP contribution in [-0.4, -0.2) is 58.0 Å². The average molecular weight is 415 g/mol. The molecule has 0 saturated carbocycles. The first-order valence-electron chi connectivity index (χ1n) is 9.42. The standard InChI is InChI=1S/C16H16N4O2.C4H10N2S/c1-10(2)22-15-6-3-11(8-17-15)16-13-7-12(18-9-21)4-5-14(13)19-20-16;1-7-6-3-2-5-4-6/h3-10H,1-2H3,(H,18,21)(H,19,20);5H,2-4H2,1H3. The zero-order chi connectivity index (χ0) is 20.6. The van der Waals surface area contributed by atoms with Crippen molar-refractivity contribution in [3.8, 4) is 17.1 Å². The number of hydrogen-bond acceptors (Lipinski definition) is 7. The fraction of sp³-hybridized carbons (Fsp3) is 0.350. The number of carbonyl (C=O) groups excluding carboxylic acids is 1. The van der Waals surface area contributed by atoms with Crippen molar-refractivity contribution >= 4 is 34.9 Å². The third kappa shape index (κ3) is 5.69. The molecule has 0 bridgehead atoms. The lowest BCUT2D eigenvalue weighted by Gasteiger charge is -2.08. The lowest BCUT2D eigenvalue weighted by molar-refractivity contribution is -0.105. The second kappa shape index (κ2) is 10.2. The lowest BCUT2D eigenvalue weighted by Crippen LogP contribution is -2.12. The van der Waals surface area contributed by atoms with Crippen LogP contribution in [-0.2, 0) is 4.79 Å². The van der Waals surface area contributed by atoms with Crippen LogP contribution in [0.3, 0.4) is 0 Å². The molecule has 0 unspecified atom stereocenters. The van der Waals surface area contributed by atoms with Gasteiger partial charge in [0.2, 0.25) is 12.3 Å². The second-order valence-corrected chi connectivity index (χ2v) is 7.57. The van der Waals surface area contributed by atoms with Crippen LogP contribution in [0.2, 0.25) is 0 Å². The Bertz CT molecular complexity index is 922. The smallest absolute Gasteiger partial charge is 0.213 e. The predicted octanol–water partition coefficient (Wildman–Crippen LogP) is 3.11. The number of aromatic amines is 1. The molecule has 0 atom stereocenters. The van der Waals surface area contributed by atoms with E-state index in [4.69, 9.17) is 4.74 Å². The fourth-order valence-electron chi connectivity index (χ4n) is 2.87. The van der Waals surface area contributed by atoms with Gasteiger partial charge in [0.15, 0.2) is 0 Å². The number of aromatic nitrogens is 3. The molecule has 1 aliphatic heterocycles. The van der Waals surface area contributed by atoms with Crippen LogP contribution in [0.15, 0.2) is 36.5 Å². The summed E-state index contributed by atoms with van der Waals surface area (Å²) in [6, 6.07) is 9.31. The van der Waals surface area contributed by atoms with E-state index >= 15 is 0 Å². The summed E-state index contributed by atoms with van der Waals surface area (Å²) < 4.78 is 7.83. The number of rotatable bonds is 6. The van der Waals surface area contributed by atoms with Gasteiger partial charge in [-0.05, 0) is 44.4 Å². The number of carbonyl (C=O) groups is 1. The molecule has 8 nitrogen and oxygen atoms in total. The summed E-state index contributed by atoms with van der Waals surface area (Å²) in [5.41, 5.74) is 3.28. The van der Waals surface area contributed by atoms with Gasteiger partial charge in [0.1, 0.15) is 5.69 Å². The maximum Gasteiger partial charge on any atom is 0.213 e. The molecule has 9 heteroatoms. The summed E-state index contributed by atoms with van der Waals surface area (Å²) in [7, 11) is 0. The first-order chi connectivity index (χ1) is 14.1. The molecule has 4 rings (SSSR count). The van der Waals surface area contributed by atoms with E-state index in [1.165, 1.54) is 6.54 Å². The third-order valence-electron chi connectivity index (χ3n) is 4.24. The topological polar surface area (TPSA) is 95.2 Å². The first-order valence-corrected chi connectivity index (χ1v) is 10.6. The first kappa shape index (κ1) is 21.1. The molecule has 3 aromatic rings. The molecule has 1 amide bonds. The Kier molecular flexibility index (Phi) is 7.45. The molecule has 3 N–H and O–H groups in total. The number of amides is 1. The Morgan fingerprint density at radius 1 is 1.31 bits per heavy atom. The van der Waals surface area contributed by atoms with Gasteiger partial charge in [0, 0.05) is 42.0 Å². The molecule has 0 aliphatic carbocycles. The minimum Gasteiger partial charge on any atom is -0.475 e. The molecule has 1 aliphatic rings. The van der Waals surface area contributed by atoms with E-state index in [0.29, 0.717) is 12.3 Å². The van der Waals surface area contributed by atoms with Crippen molar-refractivity contribution in [1.82, 2.24) is 24.8 Å². The zero-order valence-corrected chi connectivity index (χ0v) is 17.6. The lowest BCUT2D eigenvalue weighted by atomic mass is 10.1. The number of hydrogen-bond donors (Lipinski definition) is 3. The molecule has 1 aromatic carbocycles.